The van der Waals surface area contributed by atoms with Gasteiger partial charge in [-0.25, -0.2) is 0 Å². The molecule has 1 atom stereocenters. The molecule has 0 radical (unpaired) electrons. The largest absolute Gasteiger partial charge is 0.416 e. The first-order valence-corrected chi connectivity index (χ1v) is 13.5. The molecule has 0 bridgehead atoms. The normalized spacial score (nSPS) is 14.6. The molecule has 0 saturated heterocycles. The molecule has 1 aliphatic carbocycles. The van der Waals surface area contributed by atoms with Crippen LogP contribution in [0.4, 0.5) is 13.2 Å². The second-order valence-corrected chi connectivity index (χ2v) is 10.9. The molecule has 37 heavy (non-hydrogen) atoms. The van der Waals surface area contributed by atoms with Crippen LogP contribution in [0.1, 0.15) is 71.4 Å². The van der Waals surface area contributed by atoms with Crippen molar-refractivity contribution in [1.82, 2.24) is 9.88 Å². The SMILES string of the molecule is CCSc1ccc(CNC(=O)c2ccc3c(c2)cc(C(C)c2ccc(C(F)(F)F)cc2)n3C2CC2)cc1. The first-order valence-electron chi connectivity index (χ1n) is 12.6. The number of carbonyl (C=O) groups excluding carboxylic acids is 1. The number of hydrogen-bond donors (Lipinski definition) is 1. The number of halogens is 3. The van der Waals surface area contributed by atoms with Gasteiger partial charge in [-0.2, -0.15) is 13.2 Å². The molecule has 1 unspecified atom stereocenters. The lowest BCUT2D eigenvalue weighted by Gasteiger charge is -2.17. The second-order valence-electron chi connectivity index (χ2n) is 9.55. The molecule has 1 fully saturated rings. The Morgan fingerprint density at radius 3 is 2.35 bits per heavy atom. The maximum Gasteiger partial charge on any atom is 0.416 e. The summed E-state index contributed by atoms with van der Waals surface area (Å²) in [7, 11) is 0. The van der Waals surface area contributed by atoms with E-state index in [0.29, 0.717) is 18.2 Å². The van der Waals surface area contributed by atoms with Crippen molar-refractivity contribution in [3.8, 4) is 0 Å². The van der Waals surface area contributed by atoms with Gasteiger partial charge in [0.2, 0.25) is 0 Å². The number of hydrogen-bond acceptors (Lipinski definition) is 2. The van der Waals surface area contributed by atoms with Gasteiger partial charge in [-0.15, -0.1) is 11.8 Å². The average Bonchev–Trinajstić information content (AvgIpc) is 3.66. The first kappa shape index (κ1) is 25.5. The lowest BCUT2D eigenvalue weighted by atomic mass is 9.96. The lowest BCUT2D eigenvalue weighted by Crippen LogP contribution is -2.22. The molecule has 4 aromatic rings. The Balaban J connectivity index is 1.37. The number of amides is 1. The predicted octanol–water partition coefficient (Wildman–Crippen LogP) is 8.19. The van der Waals surface area contributed by atoms with Crippen LogP contribution in [-0.2, 0) is 12.7 Å². The molecule has 0 aliphatic heterocycles. The lowest BCUT2D eigenvalue weighted by molar-refractivity contribution is -0.137. The quantitative estimate of drug-likeness (QED) is 0.237. The number of alkyl halides is 3. The minimum Gasteiger partial charge on any atom is -0.348 e. The van der Waals surface area contributed by atoms with Crippen molar-refractivity contribution in [3.63, 3.8) is 0 Å². The van der Waals surface area contributed by atoms with Gasteiger partial charge in [0.15, 0.2) is 0 Å². The van der Waals surface area contributed by atoms with Crippen LogP contribution in [0.25, 0.3) is 10.9 Å². The molecular weight excluding hydrogens is 493 g/mol. The van der Waals surface area contributed by atoms with Crippen LogP contribution >= 0.6 is 11.8 Å². The van der Waals surface area contributed by atoms with E-state index in [4.69, 9.17) is 0 Å². The molecule has 3 nitrogen and oxygen atoms in total. The van der Waals surface area contributed by atoms with Crippen LogP contribution in [0.3, 0.4) is 0 Å². The molecule has 1 amide bonds. The van der Waals surface area contributed by atoms with Crippen molar-refractivity contribution in [3.05, 3.63) is 101 Å². The van der Waals surface area contributed by atoms with Crippen molar-refractivity contribution in [1.29, 1.82) is 0 Å². The van der Waals surface area contributed by atoms with E-state index in [-0.39, 0.29) is 11.8 Å². The van der Waals surface area contributed by atoms with E-state index < -0.39 is 11.7 Å². The Bertz CT molecular complexity index is 1400. The fraction of sp³-hybridized carbons (Fsp3) is 0.300. The summed E-state index contributed by atoms with van der Waals surface area (Å²) in [5.74, 6) is 0.804. The first-order chi connectivity index (χ1) is 17.7. The zero-order valence-electron chi connectivity index (χ0n) is 20.8. The number of aromatic nitrogens is 1. The number of carbonyl (C=O) groups is 1. The van der Waals surface area contributed by atoms with E-state index in [9.17, 15) is 18.0 Å². The number of nitrogens with one attached hydrogen (secondary N) is 1. The van der Waals surface area contributed by atoms with Crippen molar-refractivity contribution < 1.29 is 18.0 Å². The van der Waals surface area contributed by atoms with Crippen molar-refractivity contribution >= 4 is 28.6 Å². The predicted molar refractivity (Wildman–Crippen MR) is 143 cm³/mol. The Hall–Kier alpha value is -3.19. The molecule has 1 saturated carbocycles. The van der Waals surface area contributed by atoms with E-state index in [1.54, 1.807) is 23.9 Å². The van der Waals surface area contributed by atoms with E-state index >= 15 is 0 Å². The highest BCUT2D eigenvalue weighted by Gasteiger charge is 2.32. The second kappa shape index (κ2) is 10.3. The number of benzene rings is 3. The summed E-state index contributed by atoms with van der Waals surface area (Å²) in [6.45, 7) is 4.59. The van der Waals surface area contributed by atoms with Crippen molar-refractivity contribution in [2.75, 3.05) is 5.75 Å². The number of rotatable bonds is 8. The third-order valence-corrected chi connectivity index (χ3v) is 7.81. The van der Waals surface area contributed by atoms with Gasteiger partial charge in [-0.05, 0) is 78.3 Å². The highest BCUT2D eigenvalue weighted by atomic mass is 32.2. The summed E-state index contributed by atoms with van der Waals surface area (Å²) in [4.78, 5) is 14.1. The Morgan fingerprint density at radius 1 is 1.03 bits per heavy atom. The topological polar surface area (TPSA) is 34.0 Å². The third-order valence-electron chi connectivity index (χ3n) is 6.91. The molecule has 1 N–H and O–H groups in total. The van der Waals surface area contributed by atoms with E-state index in [0.717, 1.165) is 58.5 Å². The number of thioether (sulfide) groups is 1. The van der Waals surface area contributed by atoms with E-state index in [2.05, 4.69) is 35.0 Å². The van der Waals surface area contributed by atoms with Gasteiger partial charge >= 0.3 is 6.18 Å². The highest BCUT2D eigenvalue weighted by Crippen LogP contribution is 2.43. The molecular formula is C30H29F3N2OS. The summed E-state index contributed by atoms with van der Waals surface area (Å²) in [6, 6.07) is 21.9. The van der Waals surface area contributed by atoms with E-state index in [1.165, 1.54) is 4.90 Å². The Labute approximate surface area is 219 Å². The maximum atomic E-state index is 13.0. The van der Waals surface area contributed by atoms with Gasteiger partial charge in [0.25, 0.3) is 5.91 Å². The smallest absolute Gasteiger partial charge is 0.348 e. The van der Waals surface area contributed by atoms with Gasteiger partial charge in [-0.1, -0.05) is 38.1 Å². The van der Waals surface area contributed by atoms with E-state index in [1.807, 2.05) is 37.3 Å². The maximum absolute atomic E-state index is 13.0. The molecule has 0 spiro atoms. The highest BCUT2D eigenvalue weighted by molar-refractivity contribution is 7.99. The summed E-state index contributed by atoms with van der Waals surface area (Å²) < 4.78 is 41.4. The standard InChI is InChI=1S/C30H29F3N2OS/c1-3-37-26-13-4-20(5-14-26)18-34-29(36)22-8-15-27-23(16-22)17-28(35(27)25-11-12-25)19(2)21-6-9-24(10-7-21)30(31,32)33/h4-10,13-17,19,25H,3,11-12,18H2,1-2H3,(H,34,36). The third kappa shape index (κ3) is 5.57. The van der Waals surface area contributed by atoms with Crippen LogP contribution in [0.15, 0.2) is 77.7 Å². The fourth-order valence-corrected chi connectivity index (χ4v) is 5.42. The van der Waals surface area contributed by atoms with Gasteiger partial charge in [-0.3, -0.25) is 4.79 Å². The van der Waals surface area contributed by atoms with Crippen LogP contribution < -0.4 is 5.32 Å². The zero-order valence-corrected chi connectivity index (χ0v) is 21.6. The number of nitrogens with zero attached hydrogens (tertiary/aromatic N) is 1. The van der Waals surface area contributed by atoms with Gasteiger partial charge in [0.1, 0.15) is 0 Å². The summed E-state index contributed by atoms with van der Waals surface area (Å²) in [6.07, 6.45) is -2.19. The summed E-state index contributed by atoms with van der Waals surface area (Å²) >= 11 is 1.78. The van der Waals surface area contributed by atoms with Gasteiger partial charge in [0, 0.05) is 45.6 Å². The fourth-order valence-electron chi connectivity index (χ4n) is 4.76. The Kier molecular flexibility index (Phi) is 7.08. The van der Waals surface area contributed by atoms with Crippen molar-refractivity contribution in [2.45, 2.75) is 56.3 Å². The summed E-state index contributed by atoms with van der Waals surface area (Å²) in [5, 5.41) is 3.98. The summed E-state index contributed by atoms with van der Waals surface area (Å²) in [5.41, 5.74) is 3.93. The Morgan fingerprint density at radius 2 is 1.73 bits per heavy atom. The average molecular weight is 523 g/mol. The van der Waals surface area contributed by atoms with Crippen LogP contribution in [0, 0.1) is 0 Å². The molecule has 5 rings (SSSR count). The van der Waals surface area contributed by atoms with Crippen LogP contribution in [0.2, 0.25) is 0 Å². The monoisotopic (exact) mass is 522 g/mol. The van der Waals surface area contributed by atoms with Crippen molar-refractivity contribution in [2.24, 2.45) is 0 Å². The van der Waals surface area contributed by atoms with Crippen LogP contribution in [-0.4, -0.2) is 16.2 Å². The van der Waals surface area contributed by atoms with Gasteiger partial charge < -0.3 is 9.88 Å². The molecule has 7 heteroatoms. The van der Waals surface area contributed by atoms with Crippen LogP contribution in [0.5, 0.6) is 0 Å². The number of fused-ring (bicyclic) bond motifs is 1. The molecule has 192 valence electrons. The molecule has 1 aliphatic rings. The van der Waals surface area contributed by atoms with Gasteiger partial charge in [0.05, 0.1) is 5.56 Å². The molecule has 1 aromatic heterocycles. The minimum atomic E-state index is -4.35. The minimum absolute atomic E-state index is 0.0820. The zero-order chi connectivity index (χ0) is 26.2. The molecule has 3 aromatic carbocycles. The molecule has 1 heterocycles.